The number of likely N-dealkylation sites (N-methyl/N-ethyl adjacent to an activating group) is 1. The number of carbonyl (C=O) groups excluding carboxylic acids is 1. The highest BCUT2D eigenvalue weighted by atomic mass is 32.2. The van der Waals surface area contributed by atoms with Gasteiger partial charge in [0.25, 0.3) is 0 Å². The van der Waals surface area contributed by atoms with Gasteiger partial charge in [0.1, 0.15) is 5.75 Å². The van der Waals surface area contributed by atoms with E-state index >= 15 is 0 Å². The van der Waals surface area contributed by atoms with Gasteiger partial charge in [-0.15, -0.1) is 13.2 Å². The summed E-state index contributed by atoms with van der Waals surface area (Å²) in [7, 11) is -2.22. The maximum atomic E-state index is 12.2. The van der Waals surface area contributed by atoms with E-state index in [1.165, 1.54) is 0 Å². The third-order valence-corrected chi connectivity index (χ3v) is 5.38. The minimum absolute atomic E-state index is 0.172. The predicted octanol–water partition coefficient (Wildman–Crippen LogP) is 1.07. The third-order valence-electron chi connectivity index (χ3n) is 3.96. The summed E-state index contributed by atoms with van der Waals surface area (Å²) in [5, 5.41) is 3.08. The van der Waals surface area contributed by atoms with Crippen molar-refractivity contribution in [2.75, 3.05) is 26.7 Å². The Kier molecular flexibility index (Phi) is 6.48. The van der Waals surface area contributed by atoms with Gasteiger partial charge in [-0.25, -0.2) is 13.1 Å². The lowest BCUT2D eigenvalue weighted by molar-refractivity contribution is -0.274. The molecular weight excluding hydrogens is 375 g/mol. The van der Waals surface area contributed by atoms with E-state index in [1.807, 2.05) is 0 Å². The van der Waals surface area contributed by atoms with Crippen LogP contribution >= 0.6 is 0 Å². The van der Waals surface area contributed by atoms with Crippen molar-refractivity contribution < 1.29 is 31.1 Å². The second-order valence-corrected chi connectivity index (χ2v) is 7.58. The second kappa shape index (κ2) is 8.23. The van der Waals surface area contributed by atoms with Crippen molar-refractivity contribution >= 4 is 15.9 Å². The van der Waals surface area contributed by atoms with Gasteiger partial charge in [0, 0.05) is 19.1 Å². The van der Waals surface area contributed by atoms with Gasteiger partial charge in [-0.3, -0.25) is 4.79 Å². The Bertz CT molecular complexity index is 723. The van der Waals surface area contributed by atoms with Crippen molar-refractivity contribution in [2.45, 2.75) is 30.1 Å². The van der Waals surface area contributed by atoms with E-state index in [2.05, 4.69) is 14.8 Å². The van der Waals surface area contributed by atoms with Crippen LogP contribution in [0.2, 0.25) is 0 Å². The van der Waals surface area contributed by atoms with E-state index in [0.717, 1.165) is 37.1 Å². The normalized spacial score (nSPS) is 18.6. The number of sulfonamides is 1. The topological polar surface area (TPSA) is 87.7 Å². The van der Waals surface area contributed by atoms with E-state index in [1.54, 1.807) is 11.9 Å². The quantitative estimate of drug-likeness (QED) is 0.753. The first-order valence-corrected chi connectivity index (χ1v) is 9.39. The van der Waals surface area contributed by atoms with Crippen molar-refractivity contribution in [2.24, 2.45) is 0 Å². The molecule has 0 saturated carbocycles. The maximum Gasteiger partial charge on any atom is 0.573 e. The largest absolute Gasteiger partial charge is 0.573 e. The van der Waals surface area contributed by atoms with Crippen LogP contribution in [0.1, 0.15) is 12.8 Å². The van der Waals surface area contributed by atoms with Crippen LogP contribution in [-0.4, -0.2) is 58.3 Å². The molecule has 1 heterocycles. The molecule has 11 heteroatoms. The molecule has 0 bridgehead atoms. The number of nitrogens with zero attached hydrogens (tertiary/aromatic N) is 1. The average Bonchev–Trinajstić information content (AvgIpc) is 2.59. The number of benzene rings is 1. The molecule has 26 heavy (non-hydrogen) atoms. The molecular formula is C15H20F3N3O4S. The first-order chi connectivity index (χ1) is 12.1. The first-order valence-electron chi connectivity index (χ1n) is 7.91. The number of halogens is 3. The summed E-state index contributed by atoms with van der Waals surface area (Å²) in [6.07, 6.45) is -3.09. The highest BCUT2D eigenvalue weighted by Gasteiger charge is 2.31. The Labute approximate surface area is 149 Å². The van der Waals surface area contributed by atoms with Gasteiger partial charge >= 0.3 is 6.36 Å². The number of nitrogens with one attached hydrogen (secondary N) is 2. The number of piperidine rings is 1. The molecule has 2 N–H and O–H groups in total. The van der Waals surface area contributed by atoms with Crippen LogP contribution < -0.4 is 14.8 Å². The Balaban J connectivity index is 1.94. The number of alkyl halides is 3. The summed E-state index contributed by atoms with van der Waals surface area (Å²) < 4.78 is 66.6. The van der Waals surface area contributed by atoms with Crippen LogP contribution in [0.15, 0.2) is 29.2 Å². The van der Waals surface area contributed by atoms with Crippen LogP contribution in [-0.2, 0) is 14.8 Å². The van der Waals surface area contributed by atoms with E-state index in [9.17, 15) is 26.4 Å². The molecule has 0 aromatic heterocycles. The molecule has 7 nitrogen and oxygen atoms in total. The highest BCUT2D eigenvalue weighted by Crippen LogP contribution is 2.23. The van der Waals surface area contributed by atoms with Crippen molar-refractivity contribution in [3.05, 3.63) is 24.3 Å². The lowest BCUT2D eigenvalue weighted by Crippen LogP contribution is -2.49. The average molecular weight is 395 g/mol. The number of amides is 1. The lowest BCUT2D eigenvalue weighted by Gasteiger charge is -2.32. The van der Waals surface area contributed by atoms with E-state index in [-0.39, 0.29) is 16.8 Å². The minimum Gasteiger partial charge on any atom is -0.406 e. The summed E-state index contributed by atoms with van der Waals surface area (Å²) in [5.41, 5.74) is 0. The molecule has 1 aliphatic rings. The van der Waals surface area contributed by atoms with Gasteiger partial charge < -0.3 is 15.0 Å². The van der Waals surface area contributed by atoms with Crippen LogP contribution in [0.4, 0.5) is 13.2 Å². The molecule has 0 radical (unpaired) electrons. The van der Waals surface area contributed by atoms with Crippen LogP contribution in [0, 0.1) is 0 Å². The number of carbonyl (C=O) groups is 1. The minimum atomic E-state index is -4.86. The zero-order valence-electron chi connectivity index (χ0n) is 14.0. The fourth-order valence-electron chi connectivity index (χ4n) is 2.61. The highest BCUT2D eigenvalue weighted by molar-refractivity contribution is 7.89. The number of hydrogen-bond acceptors (Lipinski definition) is 5. The summed E-state index contributed by atoms with van der Waals surface area (Å²) in [5.74, 6) is -0.885. The molecule has 1 aromatic rings. The summed E-state index contributed by atoms with van der Waals surface area (Å²) >= 11 is 0. The molecule has 1 aliphatic heterocycles. The summed E-state index contributed by atoms with van der Waals surface area (Å²) in [4.78, 5) is 13.5. The molecule has 0 aliphatic carbocycles. The lowest BCUT2D eigenvalue weighted by atomic mass is 10.1. The maximum absolute atomic E-state index is 12.2. The molecule has 1 saturated heterocycles. The Morgan fingerprint density at radius 1 is 1.31 bits per heavy atom. The molecule has 1 aromatic carbocycles. The van der Waals surface area contributed by atoms with Gasteiger partial charge in [0.15, 0.2) is 0 Å². The Morgan fingerprint density at radius 3 is 2.54 bits per heavy atom. The molecule has 2 rings (SSSR count). The molecule has 1 amide bonds. The van der Waals surface area contributed by atoms with Crippen LogP contribution in [0.3, 0.4) is 0 Å². The molecule has 0 spiro atoms. The van der Waals surface area contributed by atoms with Gasteiger partial charge in [-0.05, 0) is 44.2 Å². The monoisotopic (exact) mass is 395 g/mol. The SMILES string of the molecule is CNC1CCCN(C(=O)CNS(=O)(=O)c2ccc(OC(F)(F)F)cc2)C1. The number of hydrogen-bond donors (Lipinski definition) is 2. The van der Waals surface area contributed by atoms with Crippen LogP contribution in [0.25, 0.3) is 0 Å². The van der Waals surface area contributed by atoms with E-state index in [4.69, 9.17) is 0 Å². The number of likely N-dealkylation sites (tertiary alicyclic amines) is 1. The summed E-state index contributed by atoms with van der Waals surface area (Å²) in [6, 6.07) is 3.92. The van der Waals surface area contributed by atoms with Crippen molar-refractivity contribution in [1.29, 1.82) is 0 Å². The smallest absolute Gasteiger partial charge is 0.406 e. The van der Waals surface area contributed by atoms with Crippen LogP contribution in [0.5, 0.6) is 5.75 Å². The van der Waals surface area contributed by atoms with Gasteiger partial charge in [-0.1, -0.05) is 0 Å². The predicted molar refractivity (Wildman–Crippen MR) is 87.0 cm³/mol. The fraction of sp³-hybridized carbons (Fsp3) is 0.533. The zero-order chi connectivity index (χ0) is 19.4. The Morgan fingerprint density at radius 2 is 1.96 bits per heavy atom. The third kappa shape index (κ3) is 5.85. The van der Waals surface area contributed by atoms with Crippen molar-refractivity contribution in [1.82, 2.24) is 14.9 Å². The fourth-order valence-corrected chi connectivity index (χ4v) is 3.59. The molecule has 1 fully saturated rings. The van der Waals surface area contributed by atoms with Gasteiger partial charge in [0.05, 0.1) is 11.4 Å². The molecule has 146 valence electrons. The number of ether oxygens (including phenoxy) is 1. The van der Waals surface area contributed by atoms with E-state index < -0.39 is 28.7 Å². The van der Waals surface area contributed by atoms with Crippen molar-refractivity contribution in [3.63, 3.8) is 0 Å². The van der Waals surface area contributed by atoms with Gasteiger partial charge in [0.2, 0.25) is 15.9 Å². The van der Waals surface area contributed by atoms with Gasteiger partial charge in [-0.2, -0.15) is 0 Å². The van der Waals surface area contributed by atoms with E-state index in [0.29, 0.717) is 13.1 Å². The zero-order valence-corrected chi connectivity index (χ0v) is 14.9. The Hall–Kier alpha value is -1.85. The molecule has 1 unspecified atom stereocenters. The number of rotatable bonds is 6. The van der Waals surface area contributed by atoms with Crippen molar-refractivity contribution in [3.8, 4) is 5.75 Å². The second-order valence-electron chi connectivity index (χ2n) is 5.81. The molecule has 1 atom stereocenters. The standard InChI is InChI=1S/C15H20F3N3O4S/c1-19-11-3-2-8-21(10-11)14(22)9-20-26(23,24)13-6-4-12(5-7-13)25-15(16,17)18/h4-7,11,19-20H,2-3,8-10H2,1H3. The summed E-state index contributed by atoms with van der Waals surface area (Å²) in [6.45, 7) is 0.641. The first kappa shape index (κ1) is 20.5.